The molecule has 0 fully saturated rings. The fourth-order valence-corrected chi connectivity index (χ4v) is 2.08. The van der Waals surface area contributed by atoms with E-state index in [4.69, 9.17) is 0 Å². The van der Waals surface area contributed by atoms with Gasteiger partial charge in [-0.15, -0.1) is 0 Å². The summed E-state index contributed by atoms with van der Waals surface area (Å²) < 4.78 is 0. The second-order valence-electron chi connectivity index (χ2n) is 5.57. The smallest absolute Gasteiger partial charge is 0.00431 e. The minimum atomic E-state index is 0.200. The van der Waals surface area contributed by atoms with Crippen LogP contribution in [0.2, 0.25) is 0 Å². The first kappa shape index (κ1) is 15.2. The monoisotopic (exact) mass is 248 g/mol. The Bertz CT molecular complexity index is 327. The van der Waals surface area contributed by atoms with Crippen LogP contribution in [0.25, 0.3) is 0 Å². The van der Waals surface area contributed by atoms with Crippen LogP contribution in [0.3, 0.4) is 0 Å². The Labute approximate surface area is 112 Å². The molecular weight excluding hydrogens is 220 g/mol. The van der Waals surface area contributed by atoms with Crippen LogP contribution in [0.5, 0.6) is 0 Å². The molecule has 0 aliphatic heterocycles. The minimum absolute atomic E-state index is 0.200. The van der Waals surface area contributed by atoms with E-state index in [2.05, 4.69) is 55.7 Å². The maximum absolute atomic E-state index is 3.55. The Balaban J connectivity index is 2.45. The van der Waals surface area contributed by atoms with Crippen molar-refractivity contribution in [2.24, 2.45) is 0 Å². The van der Waals surface area contributed by atoms with Crippen LogP contribution in [0, 0.1) is 0 Å². The molecule has 1 rings (SSSR count). The van der Waals surface area contributed by atoms with Crippen LogP contribution in [-0.4, -0.2) is 26.7 Å². The van der Waals surface area contributed by atoms with Crippen LogP contribution in [0.1, 0.15) is 38.3 Å². The molecule has 2 N–H and O–H groups in total. The molecule has 2 heteroatoms. The average Bonchev–Trinajstić information content (AvgIpc) is 2.38. The summed E-state index contributed by atoms with van der Waals surface area (Å²) in [6.07, 6.45) is 2.30. The van der Waals surface area contributed by atoms with Crippen molar-refractivity contribution in [3.05, 3.63) is 35.4 Å². The summed E-state index contributed by atoms with van der Waals surface area (Å²) in [4.78, 5) is 0. The number of nitrogens with one attached hydrogen (secondary N) is 2. The third kappa shape index (κ3) is 4.79. The highest BCUT2D eigenvalue weighted by Gasteiger charge is 2.19. The topological polar surface area (TPSA) is 24.1 Å². The fraction of sp³-hybridized carbons (Fsp3) is 0.625. The third-order valence-corrected chi connectivity index (χ3v) is 3.49. The molecule has 0 bridgehead atoms. The molecule has 0 spiro atoms. The number of hydrogen-bond donors (Lipinski definition) is 2. The highest BCUT2D eigenvalue weighted by Crippen LogP contribution is 2.22. The summed E-state index contributed by atoms with van der Waals surface area (Å²) in [5.74, 6) is 0. The van der Waals surface area contributed by atoms with Crippen LogP contribution in [0.4, 0.5) is 0 Å². The SMILES string of the molecule is CCc1ccc(C(C)(C)CNCCCNC)cc1. The van der Waals surface area contributed by atoms with Crippen molar-refractivity contribution >= 4 is 0 Å². The Hall–Kier alpha value is -0.860. The van der Waals surface area contributed by atoms with Gasteiger partial charge in [-0.2, -0.15) is 0 Å². The lowest BCUT2D eigenvalue weighted by Crippen LogP contribution is -2.34. The molecule has 2 nitrogen and oxygen atoms in total. The zero-order valence-electron chi connectivity index (χ0n) is 12.3. The molecule has 0 aromatic heterocycles. The lowest BCUT2D eigenvalue weighted by atomic mass is 9.84. The highest BCUT2D eigenvalue weighted by atomic mass is 14.9. The Kier molecular flexibility index (Phi) is 6.37. The van der Waals surface area contributed by atoms with Crippen LogP contribution in [0.15, 0.2) is 24.3 Å². The van der Waals surface area contributed by atoms with E-state index in [9.17, 15) is 0 Å². The molecule has 102 valence electrons. The van der Waals surface area contributed by atoms with Crippen molar-refractivity contribution in [2.75, 3.05) is 26.7 Å². The first-order valence-corrected chi connectivity index (χ1v) is 7.05. The van der Waals surface area contributed by atoms with Gasteiger partial charge >= 0.3 is 0 Å². The molecule has 0 unspecified atom stereocenters. The molecule has 0 saturated heterocycles. The Morgan fingerprint density at radius 2 is 1.72 bits per heavy atom. The first-order valence-electron chi connectivity index (χ1n) is 7.05. The maximum atomic E-state index is 3.55. The van der Waals surface area contributed by atoms with Crippen molar-refractivity contribution in [2.45, 2.75) is 39.0 Å². The molecule has 0 saturated carbocycles. The van der Waals surface area contributed by atoms with Gasteiger partial charge in [-0.3, -0.25) is 0 Å². The van der Waals surface area contributed by atoms with Crippen LogP contribution >= 0.6 is 0 Å². The number of aryl methyl sites for hydroxylation is 1. The lowest BCUT2D eigenvalue weighted by Gasteiger charge is -2.26. The van der Waals surface area contributed by atoms with E-state index in [0.29, 0.717) is 0 Å². The van der Waals surface area contributed by atoms with Crippen molar-refractivity contribution in [1.29, 1.82) is 0 Å². The molecule has 1 aromatic rings. The second-order valence-corrected chi connectivity index (χ2v) is 5.57. The van der Waals surface area contributed by atoms with Crippen molar-refractivity contribution < 1.29 is 0 Å². The van der Waals surface area contributed by atoms with Gasteiger partial charge in [-0.25, -0.2) is 0 Å². The molecular formula is C16H28N2. The molecule has 18 heavy (non-hydrogen) atoms. The van der Waals surface area contributed by atoms with Gasteiger partial charge in [-0.1, -0.05) is 45.0 Å². The van der Waals surface area contributed by atoms with E-state index in [1.807, 2.05) is 7.05 Å². The summed E-state index contributed by atoms with van der Waals surface area (Å²) in [5, 5.41) is 6.72. The predicted molar refractivity (Wildman–Crippen MR) is 80.3 cm³/mol. The van der Waals surface area contributed by atoms with Gasteiger partial charge in [0.2, 0.25) is 0 Å². The Morgan fingerprint density at radius 1 is 1.06 bits per heavy atom. The summed E-state index contributed by atoms with van der Waals surface area (Å²) >= 11 is 0. The summed E-state index contributed by atoms with van der Waals surface area (Å²) in [6.45, 7) is 10.00. The second kappa shape index (κ2) is 7.55. The molecule has 0 atom stereocenters. The normalized spacial score (nSPS) is 11.8. The first-order chi connectivity index (χ1) is 8.60. The van der Waals surface area contributed by atoms with Gasteiger partial charge in [0, 0.05) is 12.0 Å². The average molecular weight is 248 g/mol. The van der Waals surface area contributed by atoms with Gasteiger partial charge < -0.3 is 10.6 Å². The van der Waals surface area contributed by atoms with Gasteiger partial charge in [-0.05, 0) is 44.1 Å². The highest BCUT2D eigenvalue weighted by molar-refractivity contribution is 5.28. The lowest BCUT2D eigenvalue weighted by molar-refractivity contribution is 0.464. The van der Waals surface area contributed by atoms with Gasteiger partial charge in [0.1, 0.15) is 0 Å². The van der Waals surface area contributed by atoms with E-state index < -0.39 is 0 Å². The zero-order chi connectivity index (χ0) is 13.4. The molecule has 0 amide bonds. The van der Waals surface area contributed by atoms with Gasteiger partial charge in [0.25, 0.3) is 0 Å². The predicted octanol–water partition coefficient (Wildman–Crippen LogP) is 2.73. The van der Waals surface area contributed by atoms with Crippen molar-refractivity contribution in [3.63, 3.8) is 0 Å². The zero-order valence-corrected chi connectivity index (χ0v) is 12.3. The van der Waals surface area contributed by atoms with Crippen molar-refractivity contribution in [1.82, 2.24) is 10.6 Å². The fourth-order valence-electron chi connectivity index (χ4n) is 2.08. The summed E-state index contributed by atoms with van der Waals surface area (Å²) in [7, 11) is 2.00. The number of rotatable bonds is 8. The van der Waals surface area contributed by atoms with Gasteiger partial charge in [0.05, 0.1) is 0 Å². The standard InChI is InChI=1S/C16H28N2/c1-5-14-7-9-15(10-8-14)16(2,3)13-18-12-6-11-17-4/h7-10,17-18H,5-6,11-13H2,1-4H3. The molecule has 0 heterocycles. The molecule has 1 aromatic carbocycles. The minimum Gasteiger partial charge on any atom is -0.320 e. The van der Waals surface area contributed by atoms with E-state index >= 15 is 0 Å². The molecule has 0 radical (unpaired) electrons. The van der Waals surface area contributed by atoms with E-state index in [0.717, 1.165) is 26.1 Å². The van der Waals surface area contributed by atoms with Crippen LogP contribution < -0.4 is 10.6 Å². The quantitative estimate of drug-likeness (QED) is 0.691. The summed E-state index contributed by atoms with van der Waals surface area (Å²) in [6, 6.07) is 9.04. The van der Waals surface area contributed by atoms with E-state index in [1.54, 1.807) is 0 Å². The van der Waals surface area contributed by atoms with E-state index in [1.165, 1.54) is 17.5 Å². The van der Waals surface area contributed by atoms with Crippen LogP contribution in [-0.2, 0) is 11.8 Å². The van der Waals surface area contributed by atoms with Gasteiger partial charge in [0.15, 0.2) is 0 Å². The number of hydrogen-bond acceptors (Lipinski definition) is 2. The number of benzene rings is 1. The summed E-state index contributed by atoms with van der Waals surface area (Å²) in [5.41, 5.74) is 3.03. The molecule has 0 aliphatic rings. The third-order valence-electron chi connectivity index (χ3n) is 3.49. The largest absolute Gasteiger partial charge is 0.320 e. The maximum Gasteiger partial charge on any atom is 0.00431 e. The van der Waals surface area contributed by atoms with Crippen molar-refractivity contribution in [3.8, 4) is 0 Å². The van der Waals surface area contributed by atoms with E-state index in [-0.39, 0.29) is 5.41 Å². The Morgan fingerprint density at radius 3 is 2.28 bits per heavy atom. The molecule has 0 aliphatic carbocycles.